The summed E-state index contributed by atoms with van der Waals surface area (Å²) in [6.45, 7) is 8.17. The van der Waals surface area contributed by atoms with E-state index in [4.69, 9.17) is 15.2 Å². The molecule has 0 radical (unpaired) electrons. The van der Waals surface area contributed by atoms with Gasteiger partial charge >= 0.3 is 5.97 Å². The Bertz CT molecular complexity index is 1810. The maximum atomic E-state index is 13.9. The van der Waals surface area contributed by atoms with Gasteiger partial charge in [-0.05, 0) is 55.2 Å². The summed E-state index contributed by atoms with van der Waals surface area (Å²) in [7, 11) is 0. The van der Waals surface area contributed by atoms with Crippen molar-refractivity contribution in [1.29, 1.82) is 0 Å². The first-order valence-electron chi connectivity index (χ1n) is 17.2. The molecule has 2 aliphatic heterocycles. The summed E-state index contributed by atoms with van der Waals surface area (Å²) in [5.74, 6) is 0.0665. The number of carboxylic acids is 1. The third-order valence-corrected chi connectivity index (χ3v) is 11.1. The molecule has 1 spiro atoms. The summed E-state index contributed by atoms with van der Waals surface area (Å²) in [5, 5.41) is 18.3. The number of rotatable bonds is 10. The SMILES string of the molecule is CC(N=C/C=C(\N)C1CCCC1)c1nc(C2CN(C(=O)c3cnn(Cc4ccccc4C(=O)O)c3)CC23CN(C(=O)C2CC2(C)C)C3)no1. The van der Waals surface area contributed by atoms with Gasteiger partial charge in [0.15, 0.2) is 5.82 Å². The number of hydrogen-bond acceptors (Lipinski definition) is 9. The molecule has 7 rings (SSSR count). The predicted octanol–water partition coefficient (Wildman–Crippen LogP) is 4.29. The van der Waals surface area contributed by atoms with Gasteiger partial charge in [0.05, 0.1) is 29.8 Å². The monoisotopic (exact) mass is 668 g/mol. The van der Waals surface area contributed by atoms with Gasteiger partial charge in [-0.25, -0.2) is 4.79 Å². The zero-order chi connectivity index (χ0) is 34.5. The quantitative estimate of drug-likeness (QED) is 0.299. The molecule has 4 heterocycles. The molecule has 4 fully saturated rings. The van der Waals surface area contributed by atoms with Crippen LogP contribution in [0.3, 0.4) is 0 Å². The number of carbonyl (C=O) groups is 3. The van der Waals surface area contributed by atoms with Crippen molar-refractivity contribution in [3.63, 3.8) is 0 Å². The van der Waals surface area contributed by atoms with E-state index in [0.717, 1.165) is 25.0 Å². The van der Waals surface area contributed by atoms with Crippen LogP contribution in [-0.2, 0) is 11.3 Å². The Balaban J connectivity index is 1.08. The van der Waals surface area contributed by atoms with E-state index in [2.05, 4.69) is 29.1 Å². The Labute approximate surface area is 285 Å². The standard InChI is InChI=1S/C36H44N8O5/c1-22(38-13-12-29(37)23-8-4-5-9-23)31-40-30(41-49-31)28-18-42(19-36(28)20-43(21-36)33(46)27-14-35(27,2)3)32(45)25-15-39-44(17-25)16-24-10-6-7-11-26(24)34(47)48/h6-7,10-13,15,17,22-23,27-28H,4-5,8-9,14,16,18-21,37H2,1-3H3,(H,47,48)/b29-12-,38-13?. The fraction of sp³-hybridized carbons (Fsp3) is 0.528. The molecule has 3 aromatic rings. The first-order valence-corrected chi connectivity index (χ1v) is 17.2. The zero-order valence-electron chi connectivity index (χ0n) is 28.3. The summed E-state index contributed by atoms with van der Waals surface area (Å²) >= 11 is 0. The van der Waals surface area contributed by atoms with Crippen LogP contribution in [0.5, 0.6) is 0 Å². The van der Waals surface area contributed by atoms with Crippen LogP contribution >= 0.6 is 0 Å². The predicted molar refractivity (Wildman–Crippen MR) is 180 cm³/mol. The Morgan fingerprint density at radius 2 is 1.86 bits per heavy atom. The number of carboxylic acid groups (broad SMARTS) is 1. The second-order valence-corrected chi connectivity index (χ2v) is 15.0. The van der Waals surface area contributed by atoms with Crippen molar-refractivity contribution in [3.05, 3.63) is 76.8 Å². The smallest absolute Gasteiger partial charge is 0.336 e. The van der Waals surface area contributed by atoms with Gasteiger partial charge < -0.3 is 25.2 Å². The highest BCUT2D eigenvalue weighted by molar-refractivity contribution is 5.94. The van der Waals surface area contributed by atoms with E-state index < -0.39 is 11.4 Å². The third kappa shape index (κ3) is 6.38. The highest BCUT2D eigenvalue weighted by Gasteiger charge is 2.61. The van der Waals surface area contributed by atoms with E-state index in [1.165, 1.54) is 19.0 Å². The number of nitrogens with two attached hydrogens (primary N) is 1. The Morgan fingerprint density at radius 1 is 1.14 bits per heavy atom. The van der Waals surface area contributed by atoms with Crippen molar-refractivity contribution in [2.75, 3.05) is 26.2 Å². The minimum atomic E-state index is -1.02. The number of amides is 2. The molecule has 2 amide bonds. The number of hydrogen-bond donors (Lipinski definition) is 2. The minimum absolute atomic E-state index is 0.0260. The van der Waals surface area contributed by atoms with Crippen LogP contribution in [0.25, 0.3) is 0 Å². The molecule has 13 heteroatoms. The normalized spacial score (nSPS) is 23.7. The molecule has 0 bridgehead atoms. The fourth-order valence-corrected chi connectivity index (χ4v) is 7.84. The topological polar surface area (TPSA) is 173 Å². The maximum absolute atomic E-state index is 13.9. The lowest BCUT2D eigenvalue weighted by atomic mass is 9.71. The molecule has 2 aliphatic carbocycles. The van der Waals surface area contributed by atoms with Crippen molar-refractivity contribution in [2.24, 2.45) is 33.4 Å². The van der Waals surface area contributed by atoms with Gasteiger partial charge in [0.1, 0.15) is 6.04 Å². The van der Waals surface area contributed by atoms with Crippen molar-refractivity contribution >= 4 is 24.0 Å². The Morgan fingerprint density at radius 3 is 2.57 bits per heavy atom. The van der Waals surface area contributed by atoms with Crippen molar-refractivity contribution < 1.29 is 24.0 Å². The average Bonchev–Trinajstić information content (AvgIpc) is 3.72. The highest BCUT2D eigenvalue weighted by atomic mass is 16.5. The number of aromatic carboxylic acids is 1. The van der Waals surface area contributed by atoms with E-state index in [9.17, 15) is 19.5 Å². The zero-order valence-corrected chi connectivity index (χ0v) is 28.3. The number of benzene rings is 1. The molecule has 2 aromatic heterocycles. The minimum Gasteiger partial charge on any atom is -0.478 e. The molecular weight excluding hydrogens is 624 g/mol. The Hall–Kier alpha value is -4.81. The molecule has 2 saturated carbocycles. The number of aliphatic imine (C=N–C) groups is 1. The summed E-state index contributed by atoms with van der Waals surface area (Å²) in [6.07, 6.45) is 12.3. The van der Waals surface area contributed by atoms with E-state index in [-0.39, 0.29) is 47.2 Å². The van der Waals surface area contributed by atoms with Crippen LogP contribution in [0.1, 0.15) is 103 Å². The second-order valence-electron chi connectivity index (χ2n) is 15.0. The molecule has 2 saturated heterocycles. The van der Waals surface area contributed by atoms with Crippen LogP contribution in [0, 0.1) is 22.7 Å². The van der Waals surface area contributed by atoms with Crippen molar-refractivity contribution in [1.82, 2.24) is 29.7 Å². The second kappa shape index (κ2) is 12.6. The van der Waals surface area contributed by atoms with Crippen LogP contribution in [0.15, 0.2) is 57.9 Å². The van der Waals surface area contributed by atoms with Crippen LogP contribution in [-0.4, -0.2) is 85.0 Å². The lowest BCUT2D eigenvalue weighted by molar-refractivity contribution is -0.145. The number of aromatic nitrogens is 4. The maximum Gasteiger partial charge on any atom is 0.336 e. The van der Waals surface area contributed by atoms with Gasteiger partial charge in [0.2, 0.25) is 5.91 Å². The lowest BCUT2D eigenvalue weighted by Crippen LogP contribution is -2.62. The van der Waals surface area contributed by atoms with Crippen molar-refractivity contribution in [2.45, 2.75) is 71.4 Å². The molecule has 258 valence electrons. The molecule has 1 aromatic carbocycles. The largest absolute Gasteiger partial charge is 0.478 e. The van der Waals surface area contributed by atoms with Crippen LogP contribution in [0.2, 0.25) is 0 Å². The molecule has 4 aliphatic rings. The van der Waals surface area contributed by atoms with Gasteiger partial charge in [0, 0.05) is 55.6 Å². The number of likely N-dealkylation sites (tertiary alicyclic amines) is 2. The van der Waals surface area contributed by atoms with E-state index in [0.29, 0.717) is 54.9 Å². The summed E-state index contributed by atoms with van der Waals surface area (Å²) in [6, 6.07) is 6.37. The van der Waals surface area contributed by atoms with Gasteiger partial charge in [-0.15, -0.1) is 0 Å². The van der Waals surface area contributed by atoms with Gasteiger partial charge in [0.25, 0.3) is 11.8 Å². The van der Waals surface area contributed by atoms with E-state index >= 15 is 0 Å². The van der Waals surface area contributed by atoms with Gasteiger partial charge in [-0.2, -0.15) is 10.1 Å². The third-order valence-electron chi connectivity index (χ3n) is 11.1. The van der Waals surface area contributed by atoms with Gasteiger partial charge in [-0.1, -0.05) is 50.0 Å². The van der Waals surface area contributed by atoms with E-state index in [1.807, 2.05) is 17.9 Å². The molecule has 49 heavy (non-hydrogen) atoms. The molecule has 3 unspecified atom stereocenters. The fourth-order valence-electron chi connectivity index (χ4n) is 7.84. The van der Waals surface area contributed by atoms with Crippen LogP contribution < -0.4 is 5.73 Å². The first kappa shape index (κ1) is 32.7. The molecule has 13 nitrogen and oxygen atoms in total. The highest BCUT2D eigenvalue weighted by Crippen LogP contribution is 2.55. The summed E-state index contributed by atoms with van der Waals surface area (Å²) in [4.78, 5) is 51.9. The average molecular weight is 669 g/mol. The Kier molecular flexibility index (Phi) is 8.40. The molecular formula is C36H44N8O5. The summed E-state index contributed by atoms with van der Waals surface area (Å²) < 4.78 is 7.28. The number of carbonyl (C=O) groups excluding carboxylic acids is 2. The van der Waals surface area contributed by atoms with Crippen molar-refractivity contribution in [3.8, 4) is 0 Å². The number of nitrogens with zero attached hydrogens (tertiary/aromatic N) is 7. The summed E-state index contributed by atoms with van der Waals surface area (Å²) in [5.41, 5.74) is 7.93. The first-order chi connectivity index (χ1) is 23.4. The van der Waals surface area contributed by atoms with E-state index in [1.54, 1.807) is 46.3 Å². The lowest BCUT2D eigenvalue weighted by Gasteiger charge is -2.50. The number of allylic oxidation sites excluding steroid dienone is 2. The molecule has 3 atom stereocenters. The van der Waals surface area contributed by atoms with Gasteiger partial charge in [-0.3, -0.25) is 19.3 Å². The van der Waals surface area contributed by atoms with Crippen LogP contribution in [0.4, 0.5) is 0 Å². The molecule has 3 N–H and O–H groups in total.